The number of nitrogens with zero attached hydrogens (tertiary/aromatic N) is 2. The van der Waals surface area contributed by atoms with Crippen molar-refractivity contribution in [2.24, 2.45) is 0 Å². The summed E-state index contributed by atoms with van der Waals surface area (Å²) < 4.78 is 13.7. The van der Waals surface area contributed by atoms with Crippen molar-refractivity contribution in [2.75, 3.05) is 0 Å². The molecule has 112 valence electrons. The Balaban J connectivity index is 2.10. The minimum Gasteiger partial charge on any atom is -0.306 e. The lowest BCUT2D eigenvalue weighted by atomic mass is 10.1. The van der Waals surface area contributed by atoms with Crippen LogP contribution in [0.5, 0.6) is 0 Å². The van der Waals surface area contributed by atoms with Gasteiger partial charge in [-0.1, -0.05) is 12.1 Å². The summed E-state index contributed by atoms with van der Waals surface area (Å²) in [7, 11) is 0. The number of nitro benzene ring substituents is 1. The SMILES string of the molecule is CC(NCc1cc(C#N)ccc1F)c1cccc([N+](=O)[O-])c1. The number of hydrogen-bond acceptors (Lipinski definition) is 4. The number of nitro groups is 1. The van der Waals surface area contributed by atoms with Crippen molar-refractivity contribution in [1.29, 1.82) is 5.26 Å². The smallest absolute Gasteiger partial charge is 0.269 e. The van der Waals surface area contributed by atoms with Crippen molar-refractivity contribution in [3.05, 3.63) is 75.1 Å². The van der Waals surface area contributed by atoms with E-state index in [1.165, 1.54) is 30.3 Å². The molecule has 0 fully saturated rings. The molecule has 0 aliphatic carbocycles. The van der Waals surface area contributed by atoms with Crippen LogP contribution in [0.25, 0.3) is 0 Å². The minimum atomic E-state index is -0.452. The van der Waals surface area contributed by atoms with Gasteiger partial charge in [-0.05, 0) is 30.7 Å². The van der Waals surface area contributed by atoms with Crippen molar-refractivity contribution >= 4 is 5.69 Å². The lowest BCUT2D eigenvalue weighted by molar-refractivity contribution is -0.384. The van der Waals surface area contributed by atoms with Gasteiger partial charge in [-0.2, -0.15) is 5.26 Å². The van der Waals surface area contributed by atoms with E-state index in [0.717, 1.165) is 5.56 Å². The van der Waals surface area contributed by atoms with Crippen LogP contribution in [0.1, 0.15) is 29.7 Å². The van der Waals surface area contributed by atoms with Crippen LogP contribution < -0.4 is 5.32 Å². The van der Waals surface area contributed by atoms with Crippen LogP contribution in [0, 0.1) is 27.3 Å². The van der Waals surface area contributed by atoms with Gasteiger partial charge in [0.2, 0.25) is 0 Å². The summed E-state index contributed by atoms with van der Waals surface area (Å²) in [6.45, 7) is 2.07. The molecule has 0 amide bonds. The largest absolute Gasteiger partial charge is 0.306 e. The monoisotopic (exact) mass is 299 g/mol. The highest BCUT2D eigenvalue weighted by atomic mass is 19.1. The molecule has 0 spiro atoms. The molecule has 1 atom stereocenters. The molecule has 1 unspecified atom stereocenters. The predicted molar refractivity (Wildman–Crippen MR) is 79.5 cm³/mol. The van der Waals surface area contributed by atoms with E-state index in [0.29, 0.717) is 11.1 Å². The van der Waals surface area contributed by atoms with Gasteiger partial charge in [0.1, 0.15) is 5.82 Å². The quantitative estimate of drug-likeness (QED) is 0.677. The summed E-state index contributed by atoms with van der Waals surface area (Å²) in [6.07, 6.45) is 0. The molecule has 6 heteroatoms. The molecule has 5 nitrogen and oxygen atoms in total. The molecule has 2 rings (SSSR count). The summed E-state index contributed by atoms with van der Waals surface area (Å²) >= 11 is 0. The number of halogens is 1. The van der Waals surface area contributed by atoms with E-state index in [-0.39, 0.29) is 18.3 Å². The Kier molecular flexibility index (Phi) is 4.81. The Bertz CT molecular complexity index is 740. The third-order valence-electron chi connectivity index (χ3n) is 3.35. The van der Waals surface area contributed by atoms with Crippen LogP contribution in [-0.4, -0.2) is 4.92 Å². The maximum absolute atomic E-state index is 13.7. The second kappa shape index (κ2) is 6.78. The van der Waals surface area contributed by atoms with Crippen molar-refractivity contribution in [1.82, 2.24) is 5.32 Å². The summed E-state index contributed by atoms with van der Waals surface area (Å²) in [6, 6.07) is 12.2. The Morgan fingerprint density at radius 2 is 2.14 bits per heavy atom. The summed E-state index contributed by atoms with van der Waals surface area (Å²) in [4.78, 5) is 10.3. The Labute approximate surface area is 127 Å². The molecule has 1 N–H and O–H groups in total. The van der Waals surface area contributed by atoms with E-state index >= 15 is 0 Å². The number of rotatable bonds is 5. The third kappa shape index (κ3) is 3.65. The zero-order valence-corrected chi connectivity index (χ0v) is 11.9. The van der Waals surface area contributed by atoms with E-state index in [1.54, 1.807) is 12.1 Å². The normalized spacial score (nSPS) is 11.7. The van der Waals surface area contributed by atoms with Crippen LogP contribution in [0.2, 0.25) is 0 Å². The average Bonchev–Trinajstić information content (AvgIpc) is 2.53. The van der Waals surface area contributed by atoms with Gasteiger partial charge in [-0.3, -0.25) is 10.1 Å². The molecule has 0 heterocycles. The van der Waals surface area contributed by atoms with Crippen LogP contribution in [0.4, 0.5) is 10.1 Å². The summed E-state index contributed by atoms with van der Waals surface area (Å²) in [5, 5.41) is 22.7. The topological polar surface area (TPSA) is 79.0 Å². The predicted octanol–water partition coefficient (Wildman–Crippen LogP) is 3.46. The summed E-state index contributed by atoms with van der Waals surface area (Å²) in [5.41, 5.74) is 1.53. The highest BCUT2D eigenvalue weighted by molar-refractivity contribution is 5.36. The fourth-order valence-electron chi connectivity index (χ4n) is 2.07. The molecule has 2 aromatic carbocycles. The van der Waals surface area contributed by atoms with Crippen molar-refractivity contribution in [3.8, 4) is 6.07 Å². The molecule has 0 bridgehead atoms. The van der Waals surface area contributed by atoms with E-state index in [9.17, 15) is 14.5 Å². The van der Waals surface area contributed by atoms with Gasteiger partial charge in [-0.25, -0.2) is 4.39 Å². The van der Waals surface area contributed by atoms with Crippen molar-refractivity contribution in [3.63, 3.8) is 0 Å². The molecule has 0 aromatic heterocycles. The molecule has 22 heavy (non-hydrogen) atoms. The Hall–Kier alpha value is -2.78. The van der Waals surface area contributed by atoms with E-state index in [4.69, 9.17) is 5.26 Å². The standard InChI is InChI=1S/C16H14FN3O2/c1-11(13-3-2-4-15(8-13)20(21)22)19-10-14-7-12(9-18)5-6-16(14)17/h2-8,11,19H,10H2,1H3. The molecular weight excluding hydrogens is 285 g/mol. The lowest BCUT2D eigenvalue weighted by Crippen LogP contribution is -2.19. The maximum Gasteiger partial charge on any atom is 0.269 e. The van der Waals surface area contributed by atoms with Gasteiger partial charge in [0, 0.05) is 30.3 Å². The summed E-state index contributed by atoms with van der Waals surface area (Å²) in [5.74, 6) is -0.391. The third-order valence-corrected chi connectivity index (χ3v) is 3.35. The zero-order chi connectivity index (χ0) is 16.1. The lowest BCUT2D eigenvalue weighted by Gasteiger charge is -2.14. The van der Waals surface area contributed by atoms with Gasteiger partial charge in [0.05, 0.1) is 16.6 Å². The molecule has 0 aliphatic heterocycles. The average molecular weight is 299 g/mol. The number of benzene rings is 2. The molecule has 0 aliphatic rings. The van der Waals surface area contributed by atoms with E-state index in [1.807, 2.05) is 13.0 Å². The highest BCUT2D eigenvalue weighted by Gasteiger charge is 2.11. The van der Waals surface area contributed by atoms with Crippen LogP contribution in [0.15, 0.2) is 42.5 Å². The van der Waals surface area contributed by atoms with Gasteiger partial charge in [0.25, 0.3) is 5.69 Å². The Morgan fingerprint density at radius 1 is 1.36 bits per heavy atom. The Morgan fingerprint density at radius 3 is 2.82 bits per heavy atom. The number of nitrogens with one attached hydrogen (secondary N) is 1. The molecule has 0 radical (unpaired) electrons. The minimum absolute atomic E-state index is 0.0174. The first kappa shape index (κ1) is 15.6. The molecular formula is C16H14FN3O2. The first-order chi connectivity index (χ1) is 10.5. The second-order valence-electron chi connectivity index (χ2n) is 4.87. The maximum atomic E-state index is 13.7. The van der Waals surface area contributed by atoms with Gasteiger partial charge < -0.3 is 5.32 Å². The van der Waals surface area contributed by atoms with Gasteiger partial charge in [-0.15, -0.1) is 0 Å². The van der Waals surface area contributed by atoms with Crippen molar-refractivity contribution < 1.29 is 9.31 Å². The molecule has 0 saturated carbocycles. The first-order valence-electron chi connectivity index (χ1n) is 6.67. The number of hydrogen-bond donors (Lipinski definition) is 1. The number of nitriles is 1. The van der Waals surface area contributed by atoms with Gasteiger partial charge in [0.15, 0.2) is 0 Å². The fraction of sp³-hybridized carbons (Fsp3) is 0.188. The van der Waals surface area contributed by atoms with E-state index in [2.05, 4.69) is 5.32 Å². The zero-order valence-electron chi connectivity index (χ0n) is 11.9. The second-order valence-corrected chi connectivity index (χ2v) is 4.87. The fourth-order valence-corrected chi connectivity index (χ4v) is 2.07. The van der Waals surface area contributed by atoms with Gasteiger partial charge >= 0.3 is 0 Å². The first-order valence-corrected chi connectivity index (χ1v) is 6.67. The van der Waals surface area contributed by atoms with E-state index < -0.39 is 10.7 Å². The number of non-ortho nitro benzene ring substituents is 1. The van der Waals surface area contributed by atoms with Crippen LogP contribution >= 0.6 is 0 Å². The molecule has 0 saturated heterocycles. The van der Waals surface area contributed by atoms with Crippen LogP contribution in [-0.2, 0) is 6.54 Å². The highest BCUT2D eigenvalue weighted by Crippen LogP contribution is 2.20. The van der Waals surface area contributed by atoms with Crippen molar-refractivity contribution in [2.45, 2.75) is 19.5 Å². The van der Waals surface area contributed by atoms with Crippen LogP contribution in [0.3, 0.4) is 0 Å². The molecule has 2 aromatic rings.